The first-order valence-electron chi connectivity index (χ1n) is 5.78. The Balaban J connectivity index is 2.90. The van der Waals surface area contributed by atoms with Gasteiger partial charge < -0.3 is 20.1 Å². The zero-order valence-corrected chi connectivity index (χ0v) is 10.7. The molecule has 2 atom stereocenters. The zero-order chi connectivity index (χ0) is 15.3. The summed E-state index contributed by atoms with van der Waals surface area (Å²) in [6.07, 6.45) is -3.84. The molecule has 0 fully saturated rings. The summed E-state index contributed by atoms with van der Waals surface area (Å²) in [4.78, 5) is 21.6. The molecule has 6 nitrogen and oxygen atoms in total. The first kappa shape index (κ1) is 16.1. The molecule has 0 aromatic heterocycles. The fourth-order valence-corrected chi connectivity index (χ4v) is 1.66. The van der Waals surface area contributed by atoms with E-state index < -0.39 is 42.8 Å². The Morgan fingerprint density at radius 2 is 2.00 bits per heavy atom. The average Bonchev–Trinajstić information content (AvgIpc) is 2.39. The molecule has 0 heterocycles. The van der Waals surface area contributed by atoms with Crippen LogP contribution in [-0.4, -0.2) is 40.5 Å². The highest BCUT2D eigenvalue weighted by atomic mass is 19.1. The molecule has 0 aliphatic heterocycles. The summed E-state index contributed by atoms with van der Waals surface area (Å²) < 4.78 is 17.7. The SMILES string of the molecule is COC(=O)CC(O)C(O)c1ccc(F)c(CC(=O)O)c1. The molecule has 110 valence electrons. The standard InChI is InChI=1S/C13H15FO6/c1-20-12(18)6-10(15)13(19)7-2-3-9(14)8(4-7)5-11(16)17/h2-4,10,13,15,19H,5-6H2,1H3,(H,16,17). The molecule has 20 heavy (non-hydrogen) atoms. The van der Waals surface area contributed by atoms with E-state index in [9.17, 15) is 24.2 Å². The van der Waals surface area contributed by atoms with Crippen LogP contribution in [-0.2, 0) is 20.7 Å². The van der Waals surface area contributed by atoms with Crippen molar-refractivity contribution in [2.75, 3.05) is 7.11 Å². The Morgan fingerprint density at radius 3 is 2.55 bits per heavy atom. The number of carbonyl (C=O) groups is 2. The fourth-order valence-electron chi connectivity index (χ4n) is 1.66. The van der Waals surface area contributed by atoms with Crippen LogP contribution in [0.4, 0.5) is 4.39 Å². The Labute approximate surface area is 114 Å². The number of methoxy groups -OCH3 is 1. The second-order valence-electron chi connectivity index (χ2n) is 4.21. The third-order valence-corrected chi connectivity index (χ3v) is 2.72. The third-order valence-electron chi connectivity index (χ3n) is 2.72. The maximum atomic E-state index is 13.4. The molecular formula is C13H15FO6. The van der Waals surface area contributed by atoms with Crippen LogP contribution in [0.5, 0.6) is 0 Å². The van der Waals surface area contributed by atoms with Crippen LogP contribution < -0.4 is 0 Å². The van der Waals surface area contributed by atoms with Gasteiger partial charge in [0.05, 0.1) is 26.1 Å². The van der Waals surface area contributed by atoms with Gasteiger partial charge in [0.15, 0.2) is 0 Å². The Hall–Kier alpha value is -1.99. The number of aliphatic hydroxyl groups excluding tert-OH is 2. The number of hydrogen-bond acceptors (Lipinski definition) is 5. The molecule has 0 aliphatic rings. The number of carbonyl (C=O) groups excluding carboxylic acids is 1. The fraction of sp³-hybridized carbons (Fsp3) is 0.385. The Morgan fingerprint density at radius 1 is 1.35 bits per heavy atom. The number of carboxylic acids is 1. The highest BCUT2D eigenvalue weighted by Gasteiger charge is 2.23. The van der Waals surface area contributed by atoms with Gasteiger partial charge in [0.25, 0.3) is 0 Å². The van der Waals surface area contributed by atoms with Crippen LogP contribution in [0.2, 0.25) is 0 Å². The van der Waals surface area contributed by atoms with E-state index in [1.54, 1.807) is 0 Å². The van der Waals surface area contributed by atoms with Gasteiger partial charge in [-0.3, -0.25) is 9.59 Å². The first-order chi connectivity index (χ1) is 9.35. The number of ether oxygens (including phenoxy) is 1. The lowest BCUT2D eigenvalue weighted by molar-refractivity contribution is -0.144. The lowest BCUT2D eigenvalue weighted by Crippen LogP contribution is -2.22. The van der Waals surface area contributed by atoms with Crippen molar-refractivity contribution >= 4 is 11.9 Å². The normalized spacial score (nSPS) is 13.6. The number of halogens is 1. The molecule has 0 saturated carbocycles. The van der Waals surface area contributed by atoms with Crippen LogP contribution in [0.3, 0.4) is 0 Å². The van der Waals surface area contributed by atoms with Gasteiger partial charge in [0.2, 0.25) is 0 Å². The lowest BCUT2D eigenvalue weighted by Gasteiger charge is -2.18. The molecule has 0 radical (unpaired) electrons. The third kappa shape index (κ3) is 4.29. The first-order valence-corrected chi connectivity index (χ1v) is 5.78. The number of benzene rings is 1. The molecule has 0 aliphatic carbocycles. The summed E-state index contributed by atoms with van der Waals surface area (Å²) in [5.74, 6) is -2.64. The molecule has 7 heteroatoms. The van der Waals surface area contributed by atoms with Crippen LogP contribution in [0, 0.1) is 5.82 Å². The van der Waals surface area contributed by atoms with Crippen molar-refractivity contribution in [2.24, 2.45) is 0 Å². The highest BCUT2D eigenvalue weighted by Crippen LogP contribution is 2.22. The van der Waals surface area contributed by atoms with Gasteiger partial charge in [0.1, 0.15) is 11.9 Å². The topological polar surface area (TPSA) is 104 Å². The molecule has 1 rings (SSSR count). The molecular weight excluding hydrogens is 271 g/mol. The van der Waals surface area contributed by atoms with Crippen molar-refractivity contribution in [3.8, 4) is 0 Å². The van der Waals surface area contributed by atoms with Crippen molar-refractivity contribution in [1.82, 2.24) is 0 Å². The zero-order valence-electron chi connectivity index (χ0n) is 10.7. The minimum absolute atomic E-state index is 0.112. The van der Waals surface area contributed by atoms with Gasteiger partial charge in [-0.25, -0.2) is 4.39 Å². The number of aliphatic hydroxyl groups is 2. The van der Waals surface area contributed by atoms with Crippen molar-refractivity contribution in [1.29, 1.82) is 0 Å². The summed E-state index contributed by atoms with van der Waals surface area (Å²) in [5, 5.41) is 28.2. The molecule has 3 N–H and O–H groups in total. The number of rotatable bonds is 6. The van der Waals surface area contributed by atoms with Crippen LogP contribution >= 0.6 is 0 Å². The summed E-state index contributed by atoms with van der Waals surface area (Å²) in [7, 11) is 1.14. The van der Waals surface area contributed by atoms with E-state index in [-0.39, 0.29) is 11.1 Å². The van der Waals surface area contributed by atoms with Gasteiger partial charge in [0, 0.05) is 0 Å². The van der Waals surface area contributed by atoms with E-state index >= 15 is 0 Å². The van der Waals surface area contributed by atoms with Crippen LogP contribution in [0.1, 0.15) is 23.7 Å². The lowest BCUT2D eigenvalue weighted by atomic mass is 9.99. The average molecular weight is 286 g/mol. The summed E-state index contributed by atoms with van der Waals surface area (Å²) in [5.41, 5.74) is 0.0124. The summed E-state index contributed by atoms with van der Waals surface area (Å²) in [6, 6.07) is 3.36. The number of esters is 1. The molecule has 1 aromatic rings. The van der Waals surface area contributed by atoms with E-state index in [4.69, 9.17) is 5.11 Å². The second kappa shape index (κ2) is 6.97. The number of hydrogen-bond donors (Lipinski definition) is 3. The van der Waals surface area contributed by atoms with Crippen LogP contribution in [0.15, 0.2) is 18.2 Å². The molecule has 0 amide bonds. The molecule has 2 unspecified atom stereocenters. The predicted octanol–water partition coefficient (Wildman–Crippen LogP) is 0.410. The van der Waals surface area contributed by atoms with E-state index in [2.05, 4.69) is 4.74 Å². The maximum absolute atomic E-state index is 13.4. The molecule has 0 spiro atoms. The number of aliphatic carboxylic acids is 1. The van der Waals surface area contributed by atoms with Crippen LogP contribution in [0.25, 0.3) is 0 Å². The summed E-state index contributed by atoms with van der Waals surface area (Å²) >= 11 is 0. The largest absolute Gasteiger partial charge is 0.481 e. The van der Waals surface area contributed by atoms with Crippen molar-refractivity contribution < 1.29 is 34.0 Å². The monoisotopic (exact) mass is 286 g/mol. The number of carboxylic acid groups (broad SMARTS) is 1. The minimum atomic E-state index is -1.44. The van der Waals surface area contributed by atoms with E-state index in [0.717, 1.165) is 19.2 Å². The summed E-state index contributed by atoms with van der Waals surface area (Å²) in [6.45, 7) is 0. The van der Waals surface area contributed by atoms with Gasteiger partial charge in [-0.2, -0.15) is 0 Å². The van der Waals surface area contributed by atoms with E-state index in [1.807, 2.05) is 0 Å². The highest BCUT2D eigenvalue weighted by molar-refractivity contribution is 5.70. The van der Waals surface area contributed by atoms with E-state index in [1.165, 1.54) is 6.07 Å². The van der Waals surface area contributed by atoms with Gasteiger partial charge in [-0.1, -0.05) is 6.07 Å². The van der Waals surface area contributed by atoms with Crippen molar-refractivity contribution in [2.45, 2.75) is 25.0 Å². The maximum Gasteiger partial charge on any atom is 0.308 e. The molecule has 1 aromatic carbocycles. The van der Waals surface area contributed by atoms with Crippen molar-refractivity contribution in [3.63, 3.8) is 0 Å². The van der Waals surface area contributed by atoms with E-state index in [0.29, 0.717) is 0 Å². The van der Waals surface area contributed by atoms with Gasteiger partial charge in [-0.15, -0.1) is 0 Å². The smallest absolute Gasteiger partial charge is 0.308 e. The molecule has 0 bridgehead atoms. The predicted molar refractivity (Wildman–Crippen MR) is 65.3 cm³/mol. The molecule has 0 saturated heterocycles. The Kier molecular flexibility index (Phi) is 5.60. The second-order valence-corrected chi connectivity index (χ2v) is 4.21. The van der Waals surface area contributed by atoms with Gasteiger partial charge in [-0.05, 0) is 23.3 Å². The quantitative estimate of drug-likeness (QED) is 0.654. The van der Waals surface area contributed by atoms with Crippen molar-refractivity contribution in [3.05, 3.63) is 35.1 Å². The Bertz CT molecular complexity index is 502. The minimum Gasteiger partial charge on any atom is -0.481 e. The van der Waals surface area contributed by atoms with Gasteiger partial charge >= 0.3 is 11.9 Å².